The second-order valence-electron chi connectivity index (χ2n) is 7.94. The fourth-order valence-corrected chi connectivity index (χ4v) is 3.35. The zero-order chi connectivity index (χ0) is 19.5. The number of hydrogen-bond donors (Lipinski definition) is 2. The summed E-state index contributed by atoms with van der Waals surface area (Å²) in [6.45, 7) is 6.29. The topological polar surface area (TPSA) is 80.1 Å². The van der Waals surface area contributed by atoms with Gasteiger partial charge in [0.1, 0.15) is 17.0 Å². The highest BCUT2D eigenvalue weighted by Crippen LogP contribution is 2.36. The van der Waals surface area contributed by atoms with Gasteiger partial charge in [-0.15, -0.1) is 0 Å². The molecule has 7 nitrogen and oxygen atoms in total. The molecule has 0 aliphatic carbocycles. The van der Waals surface area contributed by atoms with Crippen molar-refractivity contribution >= 4 is 11.8 Å². The van der Waals surface area contributed by atoms with Crippen molar-refractivity contribution in [3.05, 3.63) is 23.8 Å². The molecular weight excluding hydrogens is 332 g/mol. The van der Waals surface area contributed by atoms with Crippen LogP contribution in [0.5, 0.6) is 5.75 Å². The van der Waals surface area contributed by atoms with Crippen LogP contribution >= 0.6 is 0 Å². The quantitative estimate of drug-likeness (QED) is 0.475. The number of nitrogens with one attached hydrogen (secondary N) is 1. The molecule has 7 heteroatoms. The van der Waals surface area contributed by atoms with Crippen molar-refractivity contribution < 1.29 is 14.3 Å². The van der Waals surface area contributed by atoms with Gasteiger partial charge in [0.2, 0.25) is 0 Å². The number of nitrogens with two attached hydrogens (primary N) is 1. The lowest BCUT2D eigenvalue weighted by Crippen LogP contribution is -2.63. The molecule has 0 spiro atoms. The number of hydrogen-bond acceptors (Lipinski definition) is 6. The second kappa shape index (κ2) is 7.72. The summed E-state index contributed by atoms with van der Waals surface area (Å²) < 4.78 is 11.1. The molecule has 1 fully saturated rings. The third kappa shape index (κ3) is 4.40. The predicted molar refractivity (Wildman–Crippen MR) is 103 cm³/mol. The van der Waals surface area contributed by atoms with Gasteiger partial charge in [-0.25, -0.2) is 15.6 Å². The lowest BCUT2D eigenvalue weighted by molar-refractivity contribution is -0.00897. The maximum atomic E-state index is 12.6. The Morgan fingerprint density at radius 2 is 2.04 bits per heavy atom. The Morgan fingerprint density at radius 1 is 1.35 bits per heavy atom. The second-order valence-corrected chi connectivity index (χ2v) is 7.94. The summed E-state index contributed by atoms with van der Waals surface area (Å²) in [5.74, 6) is 7.05. The summed E-state index contributed by atoms with van der Waals surface area (Å²) in [6.07, 6.45) is 1.67. The summed E-state index contributed by atoms with van der Waals surface area (Å²) in [5.41, 5.74) is 0.735. The van der Waals surface area contributed by atoms with Crippen LogP contribution in [-0.4, -0.2) is 50.1 Å². The third-order valence-corrected chi connectivity index (χ3v) is 4.55. The van der Waals surface area contributed by atoms with E-state index >= 15 is 0 Å². The van der Waals surface area contributed by atoms with E-state index in [9.17, 15) is 4.79 Å². The number of nitrogens with zero attached hydrogens (tertiary/aromatic N) is 2. The molecule has 3 N–H and O–H groups in total. The van der Waals surface area contributed by atoms with Crippen LogP contribution in [0.4, 0.5) is 10.5 Å². The Hall–Kier alpha value is -1.99. The van der Waals surface area contributed by atoms with E-state index in [-0.39, 0.29) is 0 Å². The van der Waals surface area contributed by atoms with Crippen molar-refractivity contribution in [2.75, 3.05) is 32.6 Å². The SMILES string of the molecule is COc1cccc(N(C)C)c1C[C@]1(N(N)C(=O)OC(C)(C)C)CCCN1. The van der Waals surface area contributed by atoms with Crippen molar-refractivity contribution in [1.29, 1.82) is 0 Å². The number of anilines is 1. The minimum absolute atomic E-state index is 0.528. The van der Waals surface area contributed by atoms with Gasteiger partial charge >= 0.3 is 6.09 Å². The van der Waals surface area contributed by atoms with Crippen LogP contribution in [0.15, 0.2) is 18.2 Å². The Balaban J connectivity index is 2.38. The molecule has 1 heterocycles. The Morgan fingerprint density at radius 3 is 2.54 bits per heavy atom. The molecule has 146 valence electrons. The number of rotatable bonds is 5. The summed E-state index contributed by atoms with van der Waals surface area (Å²) >= 11 is 0. The van der Waals surface area contributed by atoms with Gasteiger partial charge in [-0.3, -0.25) is 5.32 Å². The van der Waals surface area contributed by atoms with E-state index in [0.717, 1.165) is 36.4 Å². The number of amides is 1. The summed E-state index contributed by atoms with van der Waals surface area (Å²) in [6, 6.07) is 5.93. The van der Waals surface area contributed by atoms with Crippen LogP contribution in [0.3, 0.4) is 0 Å². The van der Waals surface area contributed by atoms with Gasteiger partial charge in [-0.1, -0.05) is 6.07 Å². The van der Waals surface area contributed by atoms with Crippen molar-refractivity contribution in [1.82, 2.24) is 10.3 Å². The molecule has 0 aromatic heterocycles. The summed E-state index contributed by atoms with van der Waals surface area (Å²) in [5, 5.41) is 4.65. The molecule has 2 rings (SSSR count). The molecule has 0 bridgehead atoms. The van der Waals surface area contributed by atoms with Crippen LogP contribution < -0.4 is 20.8 Å². The van der Waals surface area contributed by atoms with Crippen molar-refractivity contribution in [3.63, 3.8) is 0 Å². The van der Waals surface area contributed by atoms with Crippen LogP contribution in [-0.2, 0) is 11.2 Å². The molecule has 26 heavy (non-hydrogen) atoms. The predicted octanol–water partition coefficient (Wildman–Crippen LogP) is 2.49. The molecule has 1 atom stereocenters. The highest BCUT2D eigenvalue weighted by molar-refractivity contribution is 5.69. The van der Waals surface area contributed by atoms with Gasteiger partial charge in [0.15, 0.2) is 0 Å². The molecule has 0 unspecified atom stereocenters. The van der Waals surface area contributed by atoms with Crippen LogP contribution in [0.25, 0.3) is 0 Å². The van der Waals surface area contributed by atoms with E-state index in [2.05, 4.69) is 5.32 Å². The lowest BCUT2D eigenvalue weighted by Gasteiger charge is -2.39. The van der Waals surface area contributed by atoms with Crippen LogP contribution in [0.1, 0.15) is 39.2 Å². The molecule has 1 aliphatic rings. The number of ether oxygens (including phenoxy) is 2. The maximum absolute atomic E-state index is 12.6. The van der Waals surface area contributed by atoms with Crippen LogP contribution in [0.2, 0.25) is 0 Å². The smallest absolute Gasteiger partial charge is 0.426 e. The van der Waals surface area contributed by atoms with Gasteiger partial charge in [0.25, 0.3) is 0 Å². The van der Waals surface area contributed by atoms with E-state index in [4.69, 9.17) is 15.3 Å². The molecule has 1 amide bonds. The van der Waals surface area contributed by atoms with Gasteiger partial charge in [-0.2, -0.15) is 0 Å². The minimum atomic E-state index is -0.707. The molecule has 0 saturated carbocycles. The molecule has 0 radical (unpaired) electrons. The third-order valence-electron chi connectivity index (χ3n) is 4.55. The number of carbonyl (C=O) groups is 1. The first kappa shape index (κ1) is 20.3. The van der Waals surface area contributed by atoms with Crippen LogP contribution in [0, 0.1) is 0 Å². The lowest BCUT2D eigenvalue weighted by atomic mass is 9.94. The standard InChI is InChI=1S/C19H32N4O3/c1-18(2,3)26-17(24)23(20)19(11-8-12-21-19)13-14-15(22(4)5)9-7-10-16(14)25-6/h7,9-10,21H,8,11-13,20H2,1-6H3/t19-/m1/s1. The summed E-state index contributed by atoms with van der Waals surface area (Å²) in [4.78, 5) is 14.6. The largest absolute Gasteiger partial charge is 0.496 e. The molecule has 1 aromatic rings. The molecule has 1 aromatic carbocycles. The Kier molecular flexibility index (Phi) is 6.03. The fraction of sp³-hybridized carbons (Fsp3) is 0.632. The monoisotopic (exact) mass is 364 g/mol. The average Bonchev–Trinajstić information content (AvgIpc) is 3.02. The highest BCUT2D eigenvalue weighted by Gasteiger charge is 2.43. The molecule has 1 saturated heterocycles. The van der Waals surface area contributed by atoms with Gasteiger partial charge in [0.05, 0.1) is 7.11 Å². The van der Waals surface area contributed by atoms with E-state index in [1.165, 1.54) is 5.01 Å². The summed E-state index contributed by atoms with van der Waals surface area (Å²) in [7, 11) is 5.63. The maximum Gasteiger partial charge on any atom is 0.426 e. The number of benzene rings is 1. The van der Waals surface area contributed by atoms with Crippen molar-refractivity contribution in [2.45, 2.75) is 51.3 Å². The van der Waals surface area contributed by atoms with Crippen molar-refractivity contribution in [2.24, 2.45) is 5.84 Å². The van der Waals surface area contributed by atoms with E-state index in [1.807, 2.05) is 58.0 Å². The van der Waals surface area contributed by atoms with E-state index in [1.54, 1.807) is 7.11 Å². The zero-order valence-corrected chi connectivity index (χ0v) is 16.8. The molecule has 1 aliphatic heterocycles. The van der Waals surface area contributed by atoms with E-state index in [0.29, 0.717) is 6.42 Å². The van der Waals surface area contributed by atoms with Gasteiger partial charge in [-0.05, 0) is 52.3 Å². The highest BCUT2D eigenvalue weighted by atomic mass is 16.6. The van der Waals surface area contributed by atoms with Crippen molar-refractivity contribution in [3.8, 4) is 5.75 Å². The first-order valence-corrected chi connectivity index (χ1v) is 8.96. The van der Waals surface area contributed by atoms with E-state index < -0.39 is 17.4 Å². The first-order valence-electron chi connectivity index (χ1n) is 8.96. The Bertz CT molecular complexity index is 634. The average molecular weight is 364 g/mol. The first-order chi connectivity index (χ1) is 12.1. The fourth-order valence-electron chi connectivity index (χ4n) is 3.35. The zero-order valence-electron chi connectivity index (χ0n) is 16.8. The number of methoxy groups -OCH3 is 1. The number of carbonyl (C=O) groups excluding carboxylic acids is 1. The molecular formula is C19H32N4O3. The normalized spacial score (nSPS) is 20.0. The minimum Gasteiger partial charge on any atom is -0.496 e. The van der Waals surface area contributed by atoms with Gasteiger partial charge < -0.3 is 14.4 Å². The van der Waals surface area contributed by atoms with Gasteiger partial charge in [0, 0.05) is 31.8 Å². The number of hydrazine groups is 1. The Labute approximate surface area is 156 Å².